The van der Waals surface area contributed by atoms with Crippen molar-refractivity contribution in [2.45, 2.75) is 26.3 Å². The number of rotatable bonds is 9. The third-order valence-corrected chi connectivity index (χ3v) is 2.50. The van der Waals surface area contributed by atoms with E-state index >= 15 is 0 Å². The summed E-state index contributed by atoms with van der Waals surface area (Å²) >= 11 is 0. The van der Waals surface area contributed by atoms with Crippen molar-refractivity contribution >= 4 is 0 Å². The average molecular weight is 255 g/mol. The second-order valence-electron chi connectivity index (χ2n) is 4.14. The van der Waals surface area contributed by atoms with Gasteiger partial charge >= 0.3 is 0 Å². The Morgan fingerprint density at radius 3 is 2.78 bits per heavy atom. The second kappa shape index (κ2) is 8.89. The van der Waals surface area contributed by atoms with Gasteiger partial charge in [0.25, 0.3) is 0 Å². The lowest BCUT2D eigenvalue weighted by atomic mass is 10.2. The number of benzene rings is 1. The monoisotopic (exact) mass is 255 g/mol. The molecule has 0 unspecified atom stereocenters. The van der Waals surface area contributed by atoms with Crippen LogP contribution in [0, 0.1) is 5.82 Å². The van der Waals surface area contributed by atoms with Gasteiger partial charge in [-0.25, -0.2) is 4.39 Å². The molecule has 0 aliphatic rings. The summed E-state index contributed by atoms with van der Waals surface area (Å²) in [6, 6.07) is 5.09. The molecule has 1 rings (SSSR count). The zero-order chi connectivity index (χ0) is 13.2. The Kier molecular flexibility index (Phi) is 7.37. The highest BCUT2D eigenvalue weighted by Gasteiger charge is 2.04. The van der Waals surface area contributed by atoms with Gasteiger partial charge in [-0.1, -0.05) is 13.0 Å². The summed E-state index contributed by atoms with van der Waals surface area (Å²) in [5.41, 5.74) is 0.935. The van der Waals surface area contributed by atoms with E-state index in [0.717, 1.165) is 24.9 Å². The van der Waals surface area contributed by atoms with Crippen LogP contribution < -0.4 is 10.1 Å². The molecule has 102 valence electrons. The molecule has 0 aromatic heterocycles. The van der Waals surface area contributed by atoms with Crippen molar-refractivity contribution in [1.82, 2.24) is 5.32 Å². The van der Waals surface area contributed by atoms with Gasteiger partial charge in [0.15, 0.2) is 11.6 Å². The summed E-state index contributed by atoms with van der Waals surface area (Å²) in [6.07, 6.45) is 1.83. The lowest BCUT2D eigenvalue weighted by molar-refractivity contribution is 0.170. The van der Waals surface area contributed by atoms with Crippen LogP contribution in [0.25, 0.3) is 0 Å². The minimum Gasteiger partial charge on any atom is -0.490 e. The van der Waals surface area contributed by atoms with Crippen molar-refractivity contribution in [1.29, 1.82) is 0 Å². The number of hydrogen-bond donors (Lipinski definition) is 1. The van der Waals surface area contributed by atoms with Crippen LogP contribution in [0.4, 0.5) is 4.39 Å². The number of halogens is 1. The van der Waals surface area contributed by atoms with E-state index in [9.17, 15) is 4.39 Å². The van der Waals surface area contributed by atoms with Gasteiger partial charge in [-0.3, -0.25) is 0 Å². The topological polar surface area (TPSA) is 30.5 Å². The Labute approximate surface area is 108 Å². The SMILES string of the molecule is CCCNCc1ccc(OCCCOC)c(F)c1. The quantitative estimate of drug-likeness (QED) is 0.688. The highest BCUT2D eigenvalue weighted by Crippen LogP contribution is 2.18. The van der Waals surface area contributed by atoms with Crippen molar-refractivity contribution in [3.63, 3.8) is 0 Å². The zero-order valence-corrected chi connectivity index (χ0v) is 11.2. The van der Waals surface area contributed by atoms with Crippen LogP contribution in [0.3, 0.4) is 0 Å². The van der Waals surface area contributed by atoms with Gasteiger partial charge < -0.3 is 14.8 Å². The van der Waals surface area contributed by atoms with Crippen LogP contribution in [-0.4, -0.2) is 26.9 Å². The third kappa shape index (κ3) is 5.47. The molecule has 18 heavy (non-hydrogen) atoms. The Morgan fingerprint density at radius 2 is 2.11 bits per heavy atom. The van der Waals surface area contributed by atoms with Crippen molar-refractivity contribution in [2.75, 3.05) is 26.9 Å². The Morgan fingerprint density at radius 1 is 1.28 bits per heavy atom. The Balaban J connectivity index is 2.41. The standard InChI is InChI=1S/C14H22FNO2/c1-3-7-16-11-12-5-6-14(13(15)10-12)18-9-4-8-17-2/h5-6,10,16H,3-4,7-9,11H2,1-2H3. The molecular weight excluding hydrogens is 233 g/mol. The molecule has 0 fully saturated rings. The largest absolute Gasteiger partial charge is 0.490 e. The van der Waals surface area contributed by atoms with E-state index in [1.54, 1.807) is 13.2 Å². The van der Waals surface area contributed by atoms with E-state index in [1.165, 1.54) is 6.07 Å². The average Bonchev–Trinajstić information content (AvgIpc) is 2.37. The second-order valence-corrected chi connectivity index (χ2v) is 4.14. The lowest BCUT2D eigenvalue weighted by Crippen LogP contribution is -2.14. The maximum Gasteiger partial charge on any atom is 0.165 e. The van der Waals surface area contributed by atoms with Gasteiger partial charge in [-0.05, 0) is 30.7 Å². The third-order valence-electron chi connectivity index (χ3n) is 2.50. The molecule has 0 saturated heterocycles. The van der Waals surface area contributed by atoms with Crippen molar-refractivity contribution in [2.24, 2.45) is 0 Å². The van der Waals surface area contributed by atoms with Crippen molar-refractivity contribution < 1.29 is 13.9 Å². The van der Waals surface area contributed by atoms with E-state index in [2.05, 4.69) is 12.2 Å². The number of ether oxygens (including phenoxy) is 2. The molecule has 0 saturated carbocycles. The van der Waals surface area contributed by atoms with E-state index in [-0.39, 0.29) is 5.82 Å². The molecular formula is C14H22FNO2. The van der Waals surface area contributed by atoms with Gasteiger partial charge in [-0.2, -0.15) is 0 Å². The normalized spacial score (nSPS) is 10.6. The molecule has 1 N–H and O–H groups in total. The first-order valence-corrected chi connectivity index (χ1v) is 6.38. The van der Waals surface area contributed by atoms with Gasteiger partial charge in [0, 0.05) is 26.7 Å². The van der Waals surface area contributed by atoms with E-state index in [4.69, 9.17) is 9.47 Å². The Hall–Kier alpha value is -1.13. The number of methoxy groups -OCH3 is 1. The molecule has 0 radical (unpaired) electrons. The molecule has 1 aromatic carbocycles. The molecule has 3 nitrogen and oxygen atoms in total. The van der Waals surface area contributed by atoms with E-state index in [1.807, 2.05) is 6.07 Å². The zero-order valence-electron chi connectivity index (χ0n) is 11.2. The molecule has 0 aliphatic heterocycles. The summed E-state index contributed by atoms with van der Waals surface area (Å²) in [7, 11) is 1.64. The maximum absolute atomic E-state index is 13.7. The molecule has 0 spiro atoms. The van der Waals surface area contributed by atoms with Gasteiger partial charge in [0.1, 0.15) is 0 Å². The number of hydrogen-bond acceptors (Lipinski definition) is 3. The fourth-order valence-corrected chi connectivity index (χ4v) is 1.57. The molecule has 0 atom stereocenters. The number of nitrogens with one attached hydrogen (secondary N) is 1. The summed E-state index contributed by atoms with van der Waals surface area (Å²) in [6.45, 7) is 4.83. The van der Waals surface area contributed by atoms with Crippen LogP contribution in [-0.2, 0) is 11.3 Å². The molecule has 0 bridgehead atoms. The van der Waals surface area contributed by atoms with Gasteiger partial charge in [0.05, 0.1) is 6.61 Å². The van der Waals surface area contributed by atoms with Gasteiger partial charge in [0.2, 0.25) is 0 Å². The first-order valence-electron chi connectivity index (χ1n) is 6.38. The highest BCUT2D eigenvalue weighted by molar-refractivity contribution is 5.29. The van der Waals surface area contributed by atoms with Gasteiger partial charge in [-0.15, -0.1) is 0 Å². The summed E-state index contributed by atoms with van der Waals surface area (Å²) in [5, 5.41) is 3.23. The van der Waals surface area contributed by atoms with Crippen molar-refractivity contribution in [3.8, 4) is 5.75 Å². The summed E-state index contributed by atoms with van der Waals surface area (Å²) in [5.74, 6) is 0.00793. The molecule has 0 amide bonds. The maximum atomic E-state index is 13.7. The van der Waals surface area contributed by atoms with Crippen LogP contribution >= 0.6 is 0 Å². The molecule has 0 heterocycles. The fraction of sp³-hybridized carbons (Fsp3) is 0.571. The predicted octanol–water partition coefficient (Wildman–Crippen LogP) is 2.74. The summed E-state index contributed by atoms with van der Waals surface area (Å²) < 4.78 is 23.9. The predicted molar refractivity (Wildman–Crippen MR) is 70.4 cm³/mol. The van der Waals surface area contributed by atoms with E-state index in [0.29, 0.717) is 25.5 Å². The Bertz CT molecular complexity index is 345. The minimum absolute atomic E-state index is 0.303. The van der Waals surface area contributed by atoms with Crippen LogP contribution in [0.15, 0.2) is 18.2 Å². The van der Waals surface area contributed by atoms with Crippen LogP contribution in [0.2, 0.25) is 0 Å². The molecule has 0 aliphatic carbocycles. The fourth-order valence-electron chi connectivity index (χ4n) is 1.57. The smallest absolute Gasteiger partial charge is 0.165 e. The van der Waals surface area contributed by atoms with E-state index < -0.39 is 0 Å². The molecule has 4 heteroatoms. The lowest BCUT2D eigenvalue weighted by Gasteiger charge is -2.09. The first-order chi connectivity index (χ1) is 8.77. The highest BCUT2D eigenvalue weighted by atomic mass is 19.1. The van der Waals surface area contributed by atoms with Crippen LogP contribution in [0.5, 0.6) is 5.75 Å². The summed E-state index contributed by atoms with van der Waals surface area (Å²) in [4.78, 5) is 0. The minimum atomic E-state index is -0.303. The first kappa shape index (κ1) is 14.9. The molecule has 1 aromatic rings. The van der Waals surface area contributed by atoms with Crippen LogP contribution in [0.1, 0.15) is 25.3 Å². The van der Waals surface area contributed by atoms with Crippen molar-refractivity contribution in [3.05, 3.63) is 29.6 Å².